The molecule has 0 bridgehead atoms. The van der Waals surface area contributed by atoms with Gasteiger partial charge in [0.1, 0.15) is 11.5 Å². The Bertz CT molecular complexity index is 1720. The number of halogens is 1. The fourth-order valence-electron chi connectivity index (χ4n) is 5.99. The molecule has 0 aromatic carbocycles. The van der Waals surface area contributed by atoms with Crippen molar-refractivity contribution in [3.05, 3.63) is 52.5 Å². The number of pyridine rings is 1. The molecular formula is C27H28FN9O3S. The molecule has 3 aliphatic rings. The SMILES string of the molecule is CCN1CC2(C1)CN(c1ccc(Nc3ncc(F)c(-c4cc5c(=O)n(C)nc(C6CN(C(=O)O)C6)c5s4)n3)nc1)C2. The lowest BCUT2D eigenvalue weighted by molar-refractivity contribution is -0.0178. The summed E-state index contributed by atoms with van der Waals surface area (Å²) in [6, 6.07) is 5.47. The van der Waals surface area contributed by atoms with Crippen LogP contribution in [0.15, 0.2) is 35.4 Å². The number of hydrogen-bond acceptors (Lipinski definition) is 10. The lowest BCUT2D eigenvalue weighted by Crippen LogP contribution is -2.72. The van der Waals surface area contributed by atoms with Gasteiger partial charge in [0.05, 0.1) is 38.7 Å². The molecule has 7 heterocycles. The molecule has 1 spiro atoms. The zero-order valence-electron chi connectivity index (χ0n) is 22.5. The van der Waals surface area contributed by atoms with Gasteiger partial charge in [-0.3, -0.25) is 4.79 Å². The quantitative estimate of drug-likeness (QED) is 0.352. The van der Waals surface area contributed by atoms with Crippen LogP contribution in [-0.2, 0) is 7.05 Å². The highest BCUT2D eigenvalue weighted by Crippen LogP contribution is 2.42. The number of amides is 1. The molecule has 0 atom stereocenters. The molecule has 212 valence electrons. The highest BCUT2D eigenvalue weighted by molar-refractivity contribution is 7.22. The zero-order valence-corrected chi connectivity index (χ0v) is 23.4. The largest absolute Gasteiger partial charge is 0.465 e. The van der Waals surface area contributed by atoms with Gasteiger partial charge in [-0.1, -0.05) is 6.92 Å². The number of thiophene rings is 1. The normalized spacial score (nSPS) is 18.3. The summed E-state index contributed by atoms with van der Waals surface area (Å²) in [5.41, 5.74) is 1.86. The van der Waals surface area contributed by atoms with Gasteiger partial charge in [-0.15, -0.1) is 11.3 Å². The first-order valence-electron chi connectivity index (χ1n) is 13.4. The third kappa shape index (κ3) is 4.37. The molecule has 0 aliphatic carbocycles. The van der Waals surface area contributed by atoms with E-state index in [4.69, 9.17) is 0 Å². The van der Waals surface area contributed by atoms with Crippen LogP contribution >= 0.6 is 11.3 Å². The summed E-state index contributed by atoms with van der Waals surface area (Å²) in [6.45, 7) is 8.28. The number of aryl methyl sites for hydroxylation is 1. The first kappa shape index (κ1) is 25.8. The molecule has 4 aromatic heterocycles. The van der Waals surface area contributed by atoms with Crippen molar-refractivity contribution in [2.24, 2.45) is 12.5 Å². The number of aromatic nitrogens is 5. The second-order valence-corrected chi connectivity index (χ2v) is 12.2. The summed E-state index contributed by atoms with van der Waals surface area (Å²) in [5.74, 6) is -0.0535. The molecule has 0 radical (unpaired) electrons. The van der Waals surface area contributed by atoms with E-state index in [9.17, 15) is 19.1 Å². The number of hydrogen-bond donors (Lipinski definition) is 2. The van der Waals surface area contributed by atoms with Crippen molar-refractivity contribution in [2.45, 2.75) is 12.8 Å². The maximum atomic E-state index is 15.0. The third-order valence-corrected chi connectivity index (χ3v) is 9.40. The van der Waals surface area contributed by atoms with E-state index >= 15 is 0 Å². The zero-order chi connectivity index (χ0) is 28.5. The monoisotopic (exact) mass is 577 g/mol. The molecule has 4 aromatic rings. The van der Waals surface area contributed by atoms with Crippen LogP contribution in [0.2, 0.25) is 0 Å². The summed E-state index contributed by atoms with van der Waals surface area (Å²) in [5, 5.41) is 17.1. The van der Waals surface area contributed by atoms with Crippen molar-refractivity contribution in [3.8, 4) is 10.6 Å². The Morgan fingerprint density at radius 2 is 1.98 bits per heavy atom. The summed E-state index contributed by atoms with van der Waals surface area (Å²) in [7, 11) is 1.55. The van der Waals surface area contributed by atoms with Crippen LogP contribution in [0.25, 0.3) is 20.7 Å². The molecule has 3 fully saturated rings. The predicted octanol–water partition coefficient (Wildman–Crippen LogP) is 2.95. The molecule has 0 unspecified atom stereocenters. The molecule has 1 amide bonds. The minimum Gasteiger partial charge on any atom is -0.465 e. The molecule has 7 rings (SSSR count). The molecular weight excluding hydrogens is 549 g/mol. The van der Waals surface area contributed by atoms with Gasteiger partial charge in [0.25, 0.3) is 5.56 Å². The second kappa shape index (κ2) is 9.45. The number of nitrogens with zero attached hydrogens (tertiary/aromatic N) is 8. The summed E-state index contributed by atoms with van der Waals surface area (Å²) in [4.78, 5) is 43.6. The van der Waals surface area contributed by atoms with Gasteiger partial charge in [-0.05, 0) is 24.7 Å². The van der Waals surface area contributed by atoms with E-state index in [0.29, 0.717) is 45.0 Å². The van der Waals surface area contributed by atoms with Crippen LogP contribution in [0, 0.1) is 11.2 Å². The Morgan fingerprint density at radius 3 is 2.66 bits per heavy atom. The topological polar surface area (TPSA) is 133 Å². The maximum Gasteiger partial charge on any atom is 0.407 e. The number of nitrogens with one attached hydrogen (secondary N) is 1. The van der Waals surface area contributed by atoms with E-state index in [0.717, 1.165) is 44.6 Å². The Morgan fingerprint density at radius 1 is 1.20 bits per heavy atom. The van der Waals surface area contributed by atoms with Crippen LogP contribution in [0.5, 0.6) is 0 Å². The number of fused-ring (bicyclic) bond motifs is 1. The Hall–Kier alpha value is -4.17. The predicted molar refractivity (Wildman–Crippen MR) is 152 cm³/mol. The van der Waals surface area contributed by atoms with E-state index < -0.39 is 11.9 Å². The van der Waals surface area contributed by atoms with Gasteiger partial charge in [-0.2, -0.15) is 5.10 Å². The van der Waals surface area contributed by atoms with Gasteiger partial charge in [0.15, 0.2) is 5.82 Å². The second-order valence-electron chi connectivity index (χ2n) is 11.1. The van der Waals surface area contributed by atoms with Crippen LogP contribution in [0.1, 0.15) is 18.5 Å². The van der Waals surface area contributed by atoms with Crippen molar-refractivity contribution in [2.75, 3.05) is 56.0 Å². The summed E-state index contributed by atoms with van der Waals surface area (Å²) < 4.78 is 16.8. The number of carboxylic acid groups (broad SMARTS) is 1. The number of carbonyl (C=O) groups is 1. The van der Waals surface area contributed by atoms with Crippen molar-refractivity contribution < 1.29 is 14.3 Å². The van der Waals surface area contributed by atoms with E-state index in [-0.39, 0.29) is 23.1 Å². The molecule has 12 nitrogen and oxygen atoms in total. The molecule has 2 N–H and O–H groups in total. The van der Waals surface area contributed by atoms with Crippen molar-refractivity contribution in [1.29, 1.82) is 0 Å². The lowest BCUT2D eigenvalue weighted by Gasteiger charge is -2.61. The third-order valence-electron chi connectivity index (χ3n) is 8.23. The Labute approximate surface area is 238 Å². The highest BCUT2D eigenvalue weighted by Gasteiger charge is 2.51. The van der Waals surface area contributed by atoms with Crippen molar-refractivity contribution >= 4 is 45.0 Å². The maximum absolute atomic E-state index is 15.0. The van der Waals surface area contributed by atoms with Crippen LogP contribution < -0.4 is 15.8 Å². The Balaban J connectivity index is 1.11. The van der Waals surface area contributed by atoms with Gasteiger partial charge < -0.3 is 25.1 Å². The standard InChI is InChI=1S/C27H28FN9O3S/c1-3-35-11-27(12-35)13-37(14-27)16-4-5-20(29-7-16)31-25-30-8-18(28)22(32-25)19-6-17-23(41-19)21(33-34(2)24(17)38)15-9-36(10-15)26(39)40/h4-8,15H,3,9-14H2,1-2H3,(H,39,40)(H,29,30,31,32). The fourth-order valence-corrected chi connectivity index (χ4v) is 7.20. The van der Waals surface area contributed by atoms with Crippen LogP contribution in [-0.4, -0.2) is 91.5 Å². The minimum absolute atomic E-state index is 0.0570. The van der Waals surface area contributed by atoms with E-state index in [1.54, 1.807) is 13.1 Å². The van der Waals surface area contributed by atoms with Crippen molar-refractivity contribution in [1.82, 2.24) is 34.5 Å². The number of anilines is 3. The molecule has 3 aliphatic heterocycles. The van der Waals surface area contributed by atoms with E-state index in [1.165, 1.54) is 20.9 Å². The number of rotatable bonds is 6. The molecule has 14 heteroatoms. The van der Waals surface area contributed by atoms with Gasteiger partial charge in [-0.25, -0.2) is 28.8 Å². The Kier molecular flexibility index (Phi) is 5.94. The number of likely N-dealkylation sites (tertiary alicyclic amines) is 2. The summed E-state index contributed by atoms with van der Waals surface area (Å²) in [6.07, 6.45) is 1.92. The van der Waals surface area contributed by atoms with Crippen LogP contribution in [0.3, 0.4) is 0 Å². The minimum atomic E-state index is -0.993. The molecule has 3 saturated heterocycles. The first-order chi connectivity index (χ1) is 19.7. The smallest absolute Gasteiger partial charge is 0.407 e. The van der Waals surface area contributed by atoms with E-state index in [2.05, 4.69) is 42.1 Å². The van der Waals surface area contributed by atoms with E-state index in [1.807, 2.05) is 18.3 Å². The lowest BCUT2D eigenvalue weighted by atomic mass is 9.72. The molecule has 41 heavy (non-hydrogen) atoms. The highest BCUT2D eigenvalue weighted by atomic mass is 32.1. The average molecular weight is 578 g/mol. The average Bonchev–Trinajstić information content (AvgIpc) is 3.32. The van der Waals surface area contributed by atoms with Gasteiger partial charge in [0, 0.05) is 57.6 Å². The molecule has 0 saturated carbocycles. The van der Waals surface area contributed by atoms with Crippen LogP contribution in [0.4, 0.5) is 26.6 Å². The van der Waals surface area contributed by atoms with Crippen molar-refractivity contribution in [3.63, 3.8) is 0 Å². The van der Waals surface area contributed by atoms with Gasteiger partial charge >= 0.3 is 6.09 Å². The first-order valence-corrected chi connectivity index (χ1v) is 14.3. The summed E-state index contributed by atoms with van der Waals surface area (Å²) >= 11 is 1.21. The fraction of sp³-hybridized carbons (Fsp3) is 0.407. The van der Waals surface area contributed by atoms with Gasteiger partial charge in [0.2, 0.25) is 5.95 Å².